The number of nitrogens with two attached hydrogens (primary N) is 1. The molecular weight excluding hydrogens is 666 g/mol. The Morgan fingerprint density at radius 3 is 1.57 bits per heavy atom. The lowest BCUT2D eigenvalue weighted by molar-refractivity contribution is -0.385. The molecule has 0 saturated carbocycles. The minimum atomic E-state index is -0.552. The van der Waals surface area contributed by atoms with Crippen LogP contribution >= 0.6 is 11.6 Å². The maximum absolute atomic E-state index is 10.7. The number of hydrogen-bond acceptors (Lipinski definition) is 16. The Labute approximate surface area is 281 Å². The summed E-state index contributed by atoms with van der Waals surface area (Å²) in [6.07, 6.45) is 14.9. The minimum Gasteiger partial charge on any atom is -0.476 e. The molecule has 6 aromatic rings. The first-order chi connectivity index (χ1) is 23.7. The summed E-state index contributed by atoms with van der Waals surface area (Å²) in [6.45, 7) is 5.08. The van der Waals surface area contributed by atoms with Crippen LogP contribution in [0.1, 0.15) is 26.7 Å². The first-order valence-electron chi connectivity index (χ1n) is 14.3. The summed E-state index contributed by atoms with van der Waals surface area (Å²) in [5.74, 6) is 0.814. The van der Waals surface area contributed by atoms with Crippen LogP contribution in [0.5, 0.6) is 11.8 Å². The van der Waals surface area contributed by atoms with Gasteiger partial charge in [-0.25, -0.2) is 29.0 Å². The highest BCUT2D eigenvalue weighted by Crippen LogP contribution is 2.25. The Hall–Kier alpha value is -6.64. The molecule has 0 unspecified atom stereocenters. The van der Waals surface area contributed by atoms with Gasteiger partial charge in [-0.05, 0) is 18.9 Å². The van der Waals surface area contributed by atoms with Gasteiger partial charge >= 0.3 is 0 Å². The van der Waals surface area contributed by atoms with E-state index in [1.807, 2.05) is 13.8 Å². The molecule has 6 aromatic heterocycles. The highest BCUT2D eigenvalue weighted by molar-refractivity contribution is 6.31. The van der Waals surface area contributed by atoms with E-state index in [1.165, 1.54) is 40.1 Å². The Kier molecular flexibility index (Phi) is 12.5. The fourth-order valence-corrected chi connectivity index (χ4v) is 3.82. The Morgan fingerprint density at radius 2 is 1.12 bits per heavy atom. The van der Waals surface area contributed by atoms with Gasteiger partial charge in [-0.1, -0.05) is 41.1 Å². The lowest BCUT2D eigenvalue weighted by atomic mass is 10.3. The Morgan fingerprint density at radius 1 is 0.694 bits per heavy atom. The average molecular weight is 694 g/mol. The summed E-state index contributed by atoms with van der Waals surface area (Å²) in [4.78, 5) is 31.9. The van der Waals surface area contributed by atoms with Gasteiger partial charge in [-0.15, -0.1) is 15.3 Å². The fraction of sp³-hybridized carbons (Fsp3) is 0.222. The van der Waals surface area contributed by atoms with Crippen molar-refractivity contribution in [3.8, 4) is 28.8 Å². The summed E-state index contributed by atoms with van der Waals surface area (Å²) in [7, 11) is 0. The molecule has 254 valence electrons. The highest BCUT2D eigenvalue weighted by Gasteiger charge is 2.16. The number of nitrogens with zero attached hydrogens (tertiary/aromatic N) is 14. The number of ether oxygens (including phenoxy) is 2. The summed E-state index contributed by atoms with van der Waals surface area (Å²) in [5.41, 5.74) is 7.40. The molecule has 0 spiro atoms. The molecule has 49 heavy (non-hydrogen) atoms. The zero-order chi connectivity index (χ0) is 35.2. The van der Waals surface area contributed by atoms with Crippen molar-refractivity contribution in [3.05, 3.63) is 99.4 Å². The number of hydrogen-bond donors (Lipinski definition) is 1. The van der Waals surface area contributed by atoms with Crippen LogP contribution in [0.15, 0.2) is 74.0 Å². The number of aromatic nitrogens is 12. The molecule has 6 heterocycles. The zero-order valence-electron chi connectivity index (χ0n) is 25.9. The monoisotopic (exact) mass is 693 g/mol. The molecule has 0 fully saturated rings. The number of anilines is 1. The van der Waals surface area contributed by atoms with E-state index in [-0.39, 0.29) is 16.5 Å². The van der Waals surface area contributed by atoms with E-state index >= 15 is 0 Å². The zero-order valence-corrected chi connectivity index (χ0v) is 26.7. The lowest BCUT2D eigenvalue weighted by Crippen LogP contribution is -2.05. The van der Waals surface area contributed by atoms with Gasteiger partial charge in [-0.3, -0.25) is 20.2 Å². The predicted octanol–water partition coefficient (Wildman–Crippen LogP) is 3.62. The average Bonchev–Trinajstić information content (AvgIpc) is 3.92. The smallest absolute Gasteiger partial charge is 0.290 e. The molecular formula is C27H28ClN15O6. The van der Waals surface area contributed by atoms with Crippen LogP contribution in [0.2, 0.25) is 5.15 Å². The third kappa shape index (κ3) is 9.68. The maximum Gasteiger partial charge on any atom is 0.290 e. The van der Waals surface area contributed by atoms with Gasteiger partial charge in [0.2, 0.25) is 11.8 Å². The van der Waals surface area contributed by atoms with Crippen LogP contribution < -0.4 is 15.2 Å². The van der Waals surface area contributed by atoms with Crippen molar-refractivity contribution in [2.45, 2.75) is 26.7 Å². The first kappa shape index (κ1) is 35.2. The van der Waals surface area contributed by atoms with E-state index in [1.54, 1.807) is 35.5 Å². The highest BCUT2D eigenvalue weighted by atomic mass is 35.5. The summed E-state index contributed by atoms with van der Waals surface area (Å²) in [5, 5.41) is 43.7. The minimum absolute atomic E-state index is 0.121. The molecule has 0 aliphatic heterocycles. The molecule has 0 amide bonds. The second-order valence-corrected chi connectivity index (χ2v) is 9.73. The number of nitro groups is 2. The van der Waals surface area contributed by atoms with Crippen LogP contribution in [0, 0.1) is 20.2 Å². The second kappa shape index (κ2) is 17.3. The van der Waals surface area contributed by atoms with Crippen molar-refractivity contribution in [1.82, 2.24) is 59.9 Å². The number of pyridine rings is 3. The molecule has 0 aromatic carbocycles. The van der Waals surface area contributed by atoms with Crippen molar-refractivity contribution in [2.75, 3.05) is 18.9 Å². The summed E-state index contributed by atoms with van der Waals surface area (Å²) < 4.78 is 15.2. The predicted molar refractivity (Wildman–Crippen MR) is 172 cm³/mol. The van der Waals surface area contributed by atoms with Crippen molar-refractivity contribution in [1.29, 1.82) is 0 Å². The summed E-state index contributed by atoms with van der Waals surface area (Å²) >= 11 is 5.77. The van der Waals surface area contributed by atoms with Gasteiger partial charge in [-0.2, -0.15) is 0 Å². The van der Waals surface area contributed by atoms with E-state index in [4.69, 9.17) is 26.8 Å². The quantitative estimate of drug-likeness (QED) is 0.115. The Bertz CT molecular complexity index is 1940. The van der Waals surface area contributed by atoms with Gasteiger partial charge < -0.3 is 15.2 Å². The molecule has 21 nitrogen and oxygen atoms in total. The Balaban J connectivity index is 0.000000166. The molecule has 22 heteroatoms. The van der Waals surface area contributed by atoms with Crippen LogP contribution in [0.3, 0.4) is 0 Å². The normalized spacial score (nSPS) is 10.3. The fourth-order valence-electron chi connectivity index (χ4n) is 3.63. The second-order valence-electron chi connectivity index (χ2n) is 9.37. The van der Waals surface area contributed by atoms with Crippen LogP contribution in [-0.4, -0.2) is 83.0 Å². The van der Waals surface area contributed by atoms with E-state index in [2.05, 4.69) is 45.9 Å². The van der Waals surface area contributed by atoms with Crippen LogP contribution in [0.4, 0.5) is 17.1 Å². The summed E-state index contributed by atoms with van der Waals surface area (Å²) in [6, 6.07) is 4.39. The van der Waals surface area contributed by atoms with Crippen LogP contribution in [0.25, 0.3) is 17.1 Å². The topological polar surface area (TPSA) is 262 Å². The van der Waals surface area contributed by atoms with Gasteiger partial charge in [0.05, 0.1) is 72.1 Å². The van der Waals surface area contributed by atoms with Gasteiger partial charge in [0, 0.05) is 12.1 Å². The number of rotatable bonds is 11. The first-order valence-corrected chi connectivity index (χ1v) is 14.6. The van der Waals surface area contributed by atoms with E-state index in [0.717, 1.165) is 25.2 Å². The molecule has 2 N–H and O–H groups in total. The third-order valence-electron chi connectivity index (χ3n) is 5.79. The molecule has 0 aliphatic carbocycles. The molecule has 0 atom stereocenters. The molecule has 0 aliphatic rings. The van der Waals surface area contributed by atoms with Crippen molar-refractivity contribution < 1.29 is 19.3 Å². The largest absolute Gasteiger partial charge is 0.476 e. The lowest BCUT2D eigenvalue weighted by Gasteiger charge is -2.09. The van der Waals surface area contributed by atoms with Crippen molar-refractivity contribution in [3.63, 3.8) is 0 Å². The maximum atomic E-state index is 10.7. The molecule has 0 radical (unpaired) electrons. The SMILES string of the molecule is CCCOc1ncc(N)cc1-n1ccnn1.CCCOc1ncc([N+](=O)[O-])cc1-n1ccnn1.O=[N+]([O-])c1cnc(Cl)c(-n2ccnn2)c1. The van der Waals surface area contributed by atoms with Gasteiger partial charge in [0.1, 0.15) is 29.5 Å². The number of halogens is 1. The van der Waals surface area contributed by atoms with Crippen molar-refractivity contribution >= 4 is 28.7 Å². The third-order valence-corrected chi connectivity index (χ3v) is 6.08. The number of nitrogen functional groups attached to an aromatic ring is 1. The molecule has 0 saturated heterocycles. The van der Waals surface area contributed by atoms with E-state index in [0.29, 0.717) is 47.7 Å². The molecule has 0 bridgehead atoms. The van der Waals surface area contributed by atoms with Gasteiger partial charge in [0.25, 0.3) is 11.4 Å². The standard InChI is InChI=1S/C10H11N5O3.C10H13N5O.C7H4ClN5O2/c1-2-5-18-10-9(14-4-3-12-13-14)6-8(7-11-10)15(16)17;1-2-5-16-10-9(6-8(11)7-12-10)15-4-3-13-14-15;8-7-6(12-2-1-10-11-12)3-5(4-9-7)13(14)15/h3-4,6-7H,2,5H2,1H3;3-4,6-7H,2,5,11H2,1H3;1-4H. The van der Waals surface area contributed by atoms with Crippen LogP contribution in [-0.2, 0) is 0 Å². The van der Waals surface area contributed by atoms with E-state index in [9.17, 15) is 20.2 Å². The van der Waals surface area contributed by atoms with E-state index < -0.39 is 9.85 Å². The van der Waals surface area contributed by atoms with Gasteiger partial charge in [0.15, 0.2) is 5.15 Å². The molecule has 6 rings (SSSR count). The van der Waals surface area contributed by atoms with Crippen molar-refractivity contribution in [2.24, 2.45) is 0 Å².